The molecule has 6 heteroatoms. The Balaban J connectivity index is 2.24. The average molecular weight is 273 g/mol. The van der Waals surface area contributed by atoms with Gasteiger partial charge in [0.2, 0.25) is 11.8 Å². The summed E-state index contributed by atoms with van der Waals surface area (Å²) in [6, 6.07) is 8.82. The number of hydrogen-bond acceptors (Lipinski definition) is 5. The van der Waals surface area contributed by atoms with Crippen LogP contribution < -0.4 is 15.2 Å². The van der Waals surface area contributed by atoms with Gasteiger partial charge in [0.15, 0.2) is 0 Å². The van der Waals surface area contributed by atoms with E-state index < -0.39 is 5.82 Å². The Morgan fingerprint density at radius 1 is 1.35 bits per heavy atom. The van der Waals surface area contributed by atoms with Gasteiger partial charge in [0, 0.05) is 12.1 Å². The number of ether oxygens (including phenoxy) is 2. The summed E-state index contributed by atoms with van der Waals surface area (Å²) in [5.74, 6) is 0.0811. The van der Waals surface area contributed by atoms with E-state index in [1.807, 2.05) is 6.92 Å². The van der Waals surface area contributed by atoms with Crippen molar-refractivity contribution in [2.75, 3.05) is 12.3 Å². The van der Waals surface area contributed by atoms with Gasteiger partial charge in [-0.3, -0.25) is 0 Å². The van der Waals surface area contributed by atoms with Crippen LogP contribution in [0.5, 0.6) is 17.5 Å². The zero-order valence-electron chi connectivity index (χ0n) is 10.8. The molecule has 1 aromatic heterocycles. The fraction of sp³-hybridized carbons (Fsp3) is 0.143. The summed E-state index contributed by atoms with van der Waals surface area (Å²) in [4.78, 5) is 4.07. The monoisotopic (exact) mass is 273 g/mol. The highest BCUT2D eigenvalue weighted by Crippen LogP contribution is 2.26. The second-order valence-corrected chi connectivity index (χ2v) is 3.83. The van der Waals surface area contributed by atoms with Gasteiger partial charge >= 0.3 is 0 Å². The molecule has 0 fully saturated rings. The van der Waals surface area contributed by atoms with Crippen LogP contribution in [-0.2, 0) is 0 Å². The van der Waals surface area contributed by atoms with Crippen LogP contribution in [0.3, 0.4) is 0 Å². The summed E-state index contributed by atoms with van der Waals surface area (Å²) in [6.07, 6.45) is 0. The number of anilines is 1. The van der Waals surface area contributed by atoms with Crippen molar-refractivity contribution in [3.8, 4) is 23.6 Å². The number of hydrogen-bond donors (Lipinski definition) is 1. The van der Waals surface area contributed by atoms with Crippen LogP contribution in [0.15, 0.2) is 30.3 Å². The standard InChI is InChI=1S/C14H12FN3O2/c1-2-19-14-12(17)5-6-13(18-14)20-10-4-3-9(8-16)11(15)7-10/h3-7H,2,17H2,1H3. The molecule has 0 saturated carbocycles. The molecule has 1 aromatic carbocycles. The number of nitriles is 1. The Labute approximate surface area is 115 Å². The Bertz CT molecular complexity index is 668. The fourth-order valence-corrected chi connectivity index (χ4v) is 1.51. The summed E-state index contributed by atoms with van der Waals surface area (Å²) in [7, 11) is 0. The van der Waals surface area contributed by atoms with Crippen molar-refractivity contribution in [2.45, 2.75) is 6.92 Å². The lowest BCUT2D eigenvalue weighted by Gasteiger charge is -2.09. The Morgan fingerprint density at radius 3 is 2.80 bits per heavy atom. The van der Waals surface area contributed by atoms with E-state index in [2.05, 4.69) is 4.98 Å². The number of aromatic nitrogens is 1. The number of pyridine rings is 1. The first-order valence-electron chi connectivity index (χ1n) is 5.91. The summed E-state index contributed by atoms with van der Waals surface area (Å²) in [5.41, 5.74) is 6.04. The van der Waals surface area contributed by atoms with Gasteiger partial charge in [0.25, 0.3) is 0 Å². The molecule has 0 bridgehead atoms. The molecule has 2 rings (SSSR count). The highest BCUT2D eigenvalue weighted by atomic mass is 19.1. The minimum atomic E-state index is -0.648. The van der Waals surface area contributed by atoms with Gasteiger partial charge in [-0.2, -0.15) is 10.2 Å². The maximum atomic E-state index is 13.4. The quantitative estimate of drug-likeness (QED) is 0.926. The number of benzene rings is 1. The fourth-order valence-electron chi connectivity index (χ4n) is 1.51. The summed E-state index contributed by atoms with van der Waals surface area (Å²) >= 11 is 0. The van der Waals surface area contributed by atoms with Crippen molar-refractivity contribution in [2.24, 2.45) is 0 Å². The van der Waals surface area contributed by atoms with Gasteiger partial charge in [0.1, 0.15) is 17.6 Å². The van der Waals surface area contributed by atoms with Gasteiger partial charge in [-0.1, -0.05) is 0 Å². The van der Waals surface area contributed by atoms with E-state index in [0.717, 1.165) is 6.07 Å². The first kappa shape index (κ1) is 13.6. The van der Waals surface area contributed by atoms with E-state index in [4.69, 9.17) is 20.5 Å². The van der Waals surface area contributed by atoms with Crippen LogP contribution in [0.4, 0.5) is 10.1 Å². The molecule has 0 spiro atoms. The SMILES string of the molecule is CCOc1nc(Oc2ccc(C#N)c(F)c2)ccc1N. The molecule has 102 valence electrons. The lowest BCUT2D eigenvalue weighted by molar-refractivity contribution is 0.323. The van der Waals surface area contributed by atoms with E-state index in [1.165, 1.54) is 12.1 Å². The van der Waals surface area contributed by atoms with Crippen LogP contribution in [0.1, 0.15) is 12.5 Å². The molecule has 5 nitrogen and oxygen atoms in total. The van der Waals surface area contributed by atoms with Crippen molar-refractivity contribution < 1.29 is 13.9 Å². The third-order valence-corrected chi connectivity index (χ3v) is 2.43. The van der Waals surface area contributed by atoms with Crippen LogP contribution >= 0.6 is 0 Å². The van der Waals surface area contributed by atoms with E-state index in [-0.39, 0.29) is 23.1 Å². The Morgan fingerprint density at radius 2 is 2.15 bits per heavy atom. The molecule has 1 heterocycles. The van der Waals surface area contributed by atoms with Crippen molar-refractivity contribution in [3.63, 3.8) is 0 Å². The predicted molar refractivity (Wildman–Crippen MR) is 71.0 cm³/mol. The Kier molecular flexibility index (Phi) is 4.01. The van der Waals surface area contributed by atoms with Gasteiger partial charge < -0.3 is 15.2 Å². The van der Waals surface area contributed by atoms with E-state index in [1.54, 1.807) is 18.2 Å². The van der Waals surface area contributed by atoms with Crippen LogP contribution in [0, 0.1) is 17.1 Å². The highest BCUT2D eigenvalue weighted by molar-refractivity contribution is 5.49. The van der Waals surface area contributed by atoms with Crippen molar-refractivity contribution >= 4 is 5.69 Å². The third-order valence-electron chi connectivity index (χ3n) is 2.43. The predicted octanol–water partition coefficient (Wildman–Crippen LogP) is 2.87. The van der Waals surface area contributed by atoms with Gasteiger partial charge in [-0.15, -0.1) is 0 Å². The Hall–Kier alpha value is -2.81. The first-order valence-corrected chi connectivity index (χ1v) is 5.91. The lowest BCUT2D eigenvalue weighted by Crippen LogP contribution is -2.00. The zero-order valence-corrected chi connectivity index (χ0v) is 10.8. The number of rotatable bonds is 4. The van der Waals surface area contributed by atoms with Crippen molar-refractivity contribution in [1.82, 2.24) is 4.98 Å². The van der Waals surface area contributed by atoms with E-state index in [9.17, 15) is 4.39 Å². The molecule has 0 amide bonds. The molecule has 0 aliphatic carbocycles. The number of halogens is 1. The molecule has 0 atom stereocenters. The smallest absolute Gasteiger partial charge is 0.240 e. The molecule has 20 heavy (non-hydrogen) atoms. The van der Waals surface area contributed by atoms with Gasteiger partial charge in [-0.25, -0.2) is 4.39 Å². The molecular weight excluding hydrogens is 261 g/mol. The maximum absolute atomic E-state index is 13.4. The van der Waals surface area contributed by atoms with Gasteiger partial charge in [0.05, 0.1) is 17.9 Å². The van der Waals surface area contributed by atoms with Crippen molar-refractivity contribution in [1.29, 1.82) is 5.26 Å². The molecule has 2 aromatic rings. The van der Waals surface area contributed by atoms with Crippen LogP contribution in [0.2, 0.25) is 0 Å². The molecule has 0 radical (unpaired) electrons. The highest BCUT2D eigenvalue weighted by Gasteiger charge is 2.08. The normalized spacial score (nSPS) is 9.85. The summed E-state index contributed by atoms with van der Waals surface area (Å²) in [6.45, 7) is 2.23. The van der Waals surface area contributed by atoms with Crippen molar-refractivity contribution in [3.05, 3.63) is 41.7 Å². The minimum absolute atomic E-state index is 0.0439. The van der Waals surface area contributed by atoms with Gasteiger partial charge in [-0.05, 0) is 25.1 Å². The zero-order chi connectivity index (χ0) is 14.5. The second kappa shape index (κ2) is 5.89. The average Bonchev–Trinajstić information content (AvgIpc) is 2.43. The van der Waals surface area contributed by atoms with E-state index >= 15 is 0 Å². The second-order valence-electron chi connectivity index (χ2n) is 3.83. The molecule has 0 unspecified atom stereocenters. The third kappa shape index (κ3) is 2.95. The van der Waals surface area contributed by atoms with E-state index in [0.29, 0.717) is 12.3 Å². The topological polar surface area (TPSA) is 81.2 Å². The molecule has 0 saturated heterocycles. The van der Waals surface area contributed by atoms with Crippen LogP contribution in [-0.4, -0.2) is 11.6 Å². The maximum Gasteiger partial charge on any atom is 0.240 e. The molecular formula is C14H12FN3O2. The summed E-state index contributed by atoms with van der Waals surface area (Å²) in [5, 5.41) is 8.65. The molecule has 0 aliphatic rings. The number of nitrogens with two attached hydrogens (primary N) is 1. The lowest BCUT2D eigenvalue weighted by atomic mass is 10.2. The minimum Gasteiger partial charge on any atom is -0.476 e. The molecule has 0 aliphatic heterocycles. The number of nitrogen functional groups attached to an aromatic ring is 1. The van der Waals surface area contributed by atoms with Crippen LogP contribution in [0.25, 0.3) is 0 Å². The largest absolute Gasteiger partial charge is 0.476 e. The number of nitrogens with zero attached hydrogens (tertiary/aromatic N) is 2. The summed E-state index contributed by atoms with van der Waals surface area (Å²) < 4.78 is 24.1. The first-order chi connectivity index (χ1) is 9.63. The molecule has 2 N–H and O–H groups in total.